The second-order valence-electron chi connectivity index (χ2n) is 6.38. The molecule has 2 aromatic carbocycles. The Balaban J connectivity index is 1.47. The number of aromatic nitrogens is 2. The summed E-state index contributed by atoms with van der Waals surface area (Å²) in [5.74, 6) is 1.42. The number of benzene rings is 2. The Morgan fingerprint density at radius 2 is 1.50 bits per heavy atom. The van der Waals surface area contributed by atoms with Crippen molar-refractivity contribution in [1.82, 2.24) is 21.0 Å². The molecule has 0 atom stereocenters. The summed E-state index contributed by atoms with van der Waals surface area (Å²) in [6.45, 7) is 0. The van der Waals surface area contributed by atoms with Gasteiger partial charge in [-0.05, 0) is 29.8 Å². The fourth-order valence-corrected chi connectivity index (χ4v) is 4.23. The summed E-state index contributed by atoms with van der Waals surface area (Å²) in [5.41, 5.74) is 6.43. The van der Waals surface area contributed by atoms with Gasteiger partial charge in [-0.25, -0.2) is 0 Å². The molecule has 3 aromatic rings. The summed E-state index contributed by atoms with van der Waals surface area (Å²) < 4.78 is 16.3. The van der Waals surface area contributed by atoms with Gasteiger partial charge in [0.15, 0.2) is 4.34 Å². The highest BCUT2D eigenvalue weighted by Crippen LogP contribution is 2.33. The first-order chi connectivity index (χ1) is 15.5. The SMILES string of the molecule is COc1ccc(CC(=O)NNC(=O)CSc2nnc(-c3cc(OC)cc(OC)c3)s2)cc1. The highest BCUT2D eigenvalue weighted by molar-refractivity contribution is 8.01. The van der Waals surface area contributed by atoms with Crippen LogP contribution in [0.5, 0.6) is 17.2 Å². The van der Waals surface area contributed by atoms with Crippen molar-refractivity contribution in [2.45, 2.75) is 10.8 Å². The Hall–Kier alpha value is -3.31. The lowest BCUT2D eigenvalue weighted by molar-refractivity contribution is -0.127. The molecule has 9 nitrogen and oxygen atoms in total. The van der Waals surface area contributed by atoms with Gasteiger partial charge in [0, 0.05) is 11.6 Å². The summed E-state index contributed by atoms with van der Waals surface area (Å²) in [4.78, 5) is 24.1. The number of methoxy groups -OCH3 is 3. The molecule has 0 aliphatic carbocycles. The molecule has 32 heavy (non-hydrogen) atoms. The minimum Gasteiger partial charge on any atom is -0.497 e. The van der Waals surface area contributed by atoms with E-state index in [4.69, 9.17) is 14.2 Å². The molecular formula is C21H22N4O5S2. The molecule has 0 saturated carbocycles. The first-order valence-electron chi connectivity index (χ1n) is 9.41. The Kier molecular flexibility index (Phi) is 8.28. The van der Waals surface area contributed by atoms with Crippen molar-refractivity contribution >= 4 is 34.9 Å². The predicted octanol–water partition coefficient (Wildman–Crippen LogP) is 2.71. The van der Waals surface area contributed by atoms with Gasteiger partial charge in [-0.3, -0.25) is 20.4 Å². The Labute approximate surface area is 193 Å². The number of nitrogens with zero attached hydrogens (tertiary/aromatic N) is 2. The first-order valence-corrected chi connectivity index (χ1v) is 11.2. The highest BCUT2D eigenvalue weighted by atomic mass is 32.2. The van der Waals surface area contributed by atoms with Gasteiger partial charge in [0.25, 0.3) is 0 Å². The molecule has 11 heteroatoms. The highest BCUT2D eigenvalue weighted by Gasteiger charge is 2.12. The molecule has 0 bridgehead atoms. The van der Waals surface area contributed by atoms with Crippen LogP contribution in [0.15, 0.2) is 46.8 Å². The fraction of sp³-hybridized carbons (Fsp3) is 0.238. The number of carbonyl (C=O) groups excluding carboxylic acids is 2. The van der Waals surface area contributed by atoms with Crippen molar-refractivity contribution in [2.24, 2.45) is 0 Å². The molecule has 1 aromatic heterocycles. The molecule has 2 N–H and O–H groups in total. The third-order valence-electron chi connectivity index (χ3n) is 4.20. The zero-order chi connectivity index (χ0) is 22.9. The van der Waals surface area contributed by atoms with E-state index in [0.717, 1.165) is 11.1 Å². The van der Waals surface area contributed by atoms with Crippen LogP contribution in [0.1, 0.15) is 5.56 Å². The van der Waals surface area contributed by atoms with Crippen molar-refractivity contribution in [3.8, 4) is 27.8 Å². The smallest absolute Gasteiger partial charge is 0.248 e. The maximum Gasteiger partial charge on any atom is 0.248 e. The first kappa shape index (κ1) is 23.4. The largest absolute Gasteiger partial charge is 0.497 e. The Morgan fingerprint density at radius 3 is 2.12 bits per heavy atom. The van der Waals surface area contributed by atoms with E-state index in [2.05, 4.69) is 21.0 Å². The Morgan fingerprint density at radius 1 is 0.875 bits per heavy atom. The minimum atomic E-state index is -0.349. The molecule has 0 radical (unpaired) electrons. The molecule has 3 rings (SSSR count). The van der Waals surface area contributed by atoms with Gasteiger partial charge in [0.05, 0.1) is 33.5 Å². The lowest BCUT2D eigenvalue weighted by atomic mass is 10.1. The van der Waals surface area contributed by atoms with Crippen LogP contribution in [0.25, 0.3) is 10.6 Å². The van der Waals surface area contributed by atoms with Crippen LogP contribution in [0.3, 0.4) is 0 Å². The lowest BCUT2D eigenvalue weighted by Gasteiger charge is -2.07. The number of hydrogen-bond donors (Lipinski definition) is 2. The second kappa shape index (κ2) is 11.3. The van der Waals surface area contributed by atoms with Crippen molar-refractivity contribution in [3.63, 3.8) is 0 Å². The molecular weight excluding hydrogens is 452 g/mol. The molecule has 1 heterocycles. The van der Waals surface area contributed by atoms with Crippen LogP contribution in [-0.4, -0.2) is 49.1 Å². The lowest BCUT2D eigenvalue weighted by Crippen LogP contribution is -2.43. The Bertz CT molecular complexity index is 1050. The summed E-state index contributed by atoms with van der Waals surface area (Å²) in [7, 11) is 4.73. The summed E-state index contributed by atoms with van der Waals surface area (Å²) in [6, 6.07) is 12.6. The van der Waals surface area contributed by atoms with Crippen molar-refractivity contribution in [2.75, 3.05) is 27.1 Å². The third-order valence-corrected chi connectivity index (χ3v) is 6.30. The maximum atomic E-state index is 12.1. The van der Waals surface area contributed by atoms with Gasteiger partial charge < -0.3 is 14.2 Å². The van der Waals surface area contributed by atoms with E-state index >= 15 is 0 Å². The standard InChI is InChI=1S/C21H22N4O5S2/c1-28-15-6-4-13(5-7-15)8-18(26)22-23-19(27)12-31-21-25-24-20(32-21)14-9-16(29-2)11-17(10-14)30-3/h4-7,9-11H,8,12H2,1-3H3,(H,22,26)(H,23,27). The number of rotatable bonds is 9. The van der Waals surface area contributed by atoms with E-state index in [9.17, 15) is 9.59 Å². The maximum absolute atomic E-state index is 12.1. The van der Waals surface area contributed by atoms with Gasteiger partial charge in [-0.15, -0.1) is 10.2 Å². The molecule has 0 aliphatic heterocycles. The molecule has 0 spiro atoms. The molecule has 168 valence electrons. The topological polar surface area (TPSA) is 112 Å². The number of nitrogens with one attached hydrogen (secondary N) is 2. The number of ether oxygens (including phenoxy) is 3. The summed E-state index contributed by atoms with van der Waals surface area (Å²) in [5, 5.41) is 8.97. The van der Waals surface area contributed by atoms with Gasteiger partial charge >= 0.3 is 0 Å². The number of hydrazine groups is 1. The van der Waals surface area contributed by atoms with E-state index in [1.807, 2.05) is 12.1 Å². The van der Waals surface area contributed by atoms with E-state index < -0.39 is 0 Å². The normalized spacial score (nSPS) is 10.3. The number of hydrogen-bond acceptors (Lipinski definition) is 9. The van der Waals surface area contributed by atoms with Crippen LogP contribution >= 0.6 is 23.1 Å². The zero-order valence-corrected chi connectivity index (χ0v) is 19.3. The number of amides is 2. The molecule has 0 saturated heterocycles. The number of carbonyl (C=O) groups is 2. The zero-order valence-electron chi connectivity index (χ0n) is 17.7. The average molecular weight is 475 g/mol. The van der Waals surface area contributed by atoms with Crippen LogP contribution < -0.4 is 25.1 Å². The fourth-order valence-electron chi connectivity index (χ4n) is 2.59. The molecule has 2 amide bonds. The van der Waals surface area contributed by atoms with Gasteiger partial charge in [-0.2, -0.15) is 0 Å². The van der Waals surface area contributed by atoms with Gasteiger partial charge in [-0.1, -0.05) is 35.2 Å². The number of thioether (sulfide) groups is 1. The summed E-state index contributed by atoms with van der Waals surface area (Å²) in [6.07, 6.45) is 0.140. The average Bonchev–Trinajstić information content (AvgIpc) is 3.30. The van der Waals surface area contributed by atoms with Crippen LogP contribution in [0, 0.1) is 0 Å². The van der Waals surface area contributed by atoms with Crippen molar-refractivity contribution in [3.05, 3.63) is 48.0 Å². The van der Waals surface area contributed by atoms with E-state index in [1.165, 1.54) is 23.1 Å². The van der Waals surface area contributed by atoms with Gasteiger partial charge in [0.2, 0.25) is 11.8 Å². The second-order valence-corrected chi connectivity index (χ2v) is 8.58. The monoisotopic (exact) mass is 474 g/mol. The summed E-state index contributed by atoms with van der Waals surface area (Å²) >= 11 is 2.58. The third kappa shape index (κ3) is 6.59. The van der Waals surface area contributed by atoms with E-state index in [0.29, 0.717) is 26.6 Å². The van der Waals surface area contributed by atoms with Crippen LogP contribution in [-0.2, 0) is 16.0 Å². The van der Waals surface area contributed by atoms with Crippen LogP contribution in [0.2, 0.25) is 0 Å². The molecule has 0 fully saturated rings. The quantitative estimate of drug-likeness (QED) is 0.360. The van der Waals surface area contributed by atoms with Gasteiger partial charge in [0.1, 0.15) is 22.3 Å². The van der Waals surface area contributed by atoms with Crippen LogP contribution in [0.4, 0.5) is 0 Å². The minimum absolute atomic E-state index is 0.0822. The predicted molar refractivity (Wildman–Crippen MR) is 122 cm³/mol. The molecule has 0 unspecified atom stereocenters. The van der Waals surface area contributed by atoms with Crippen molar-refractivity contribution < 1.29 is 23.8 Å². The van der Waals surface area contributed by atoms with Crippen molar-refractivity contribution in [1.29, 1.82) is 0 Å². The molecule has 0 aliphatic rings. The van der Waals surface area contributed by atoms with E-state index in [-0.39, 0.29) is 24.0 Å². The van der Waals surface area contributed by atoms with E-state index in [1.54, 1.807) is 51.7 Å².